The van der Waals surface area contributed by atoms with Crippen molar-refractivity contribution in [1.82, 2.24) is 19.5 Å². The maximum Gasteiger partial charge on any atom is 0.323 e. The maximum absolute atomic E-state index is 12.4. The summed E-state index contributed by atoms with van der Waals surface area (Å²) < 4.78 is 2.32. The number of hydrogen-bond donors (Lipinski definition) is 3. The number of H-pyrrole nitrogens is 2. The van der Waals surface area contributed by atoms with Gasteiger partial charge in [-0.15, -0.1) is 0 Å². The third-order valence-corrected chi connectivity index (χ3v) is 6.13. The van der Waals surface area contributed by atoms with Crippen molar-refractivity contribution in [3.8, 4) is 0 Å². The number of nitrogens with one attached hydrogen (secondary N) is 3. The molecule has 142 valence electrons. The zero-order valence-electron chi connectivity index (χ0n) is 15.5. The summed E-state index contributed by atoms with van der Waals surface area (Å²) in [6.45, 7) is 4.13. The Hall–Kier alpha value is -2.48. The van der Waals surface area contributed by atoms with Crippen LogP contribution in [0, 0.1) is 13.8 Å². The van der Waals surface area contributed by atoms with Gasteiger partial charge in [0.15, 0.2) is 5.16 Å². The summed E-state index contributed by atoms with van der Waals surface area (Å²) in [6, 6.07) is 5.81. The molecule has 1 saturated carbocycles. The molecule has 27 heavy (non-hydrogen) atoms. The number of carbonyl (C=O) groups excluding carboxylic acids is 1. The first-order valence-corrected chi connectivity index (χ1v) is 10.2. The van der Waals surface area contributed by atoms with Gasteiger partial charge in [-0.2, -0.15) is 0 Å². The predicted octanol–water partition coefficient (Wildman–Crippen LogP) is 3.52. The number of aryl methyl sites for hydroxylation is 1. The lowest BCUT2D eigenvalue weighted by Crippen LogP contribution is -2.15. The third kappa shape index (κ3) is 3.66. The van der Waals surface area contributed by atoms with Crippen LogP contribution in [0.1, 0.15) is 43.1 Å². The SMILES string of the molecule is Cc1nc(SCC(=O)Nc2ccc3[nH]c(=O)[nH]c3c2)n(C2CCCC2)c1C. The van der Waals surface area contributed by atoms with Gasteiger partial charge in [0.25, 0.3) is 0 Å². The number of amides is 1. The van der Waals surface area contributed by atoms with E-state index >= 15 is 0 Å². The van der Waals surface area contributed by atoms with Gasteiger partial charge in [-0.1, -0.05) is 24.6 Å². The van der Waals surface area contributed by atoms with Crippen LogP contribution in [-0.4, -0.2) is 31.2 Å². The summed E-state index contributed by atoms with van der Waals surface area (Å²) >= 11 is 1.48. The summed E-state index contributed by atoms with van der Waals surface area (Å²) in [5.41, 5.74) is 4.03. The Kier molecular flexibility index (Phi) is 4.82. The van der Waals surface area contributed by atoms with Crippen LogP contribution in [0.3, 0.4) is 0 Å². The first kappa shape index (κ1) is 17.9. The molecule has 0 unspecified atom stereocenters. The second kappa shape index (κ2) is 7.26. The lowest BCUT2D eigenvalue weighted by atomic mass is 10.2. The fraction of sp³-hybridized carbons (Fsp3) is 0.421. The average Bonchev–Trinajstić information content (AvgIpc) is 3.33. The average molecular weight is 385 g/mol. The summed E-state index contributed by atoms with van der Waals surface area (Å²) in [5, 5.41) is 3.82. The van der Waals surface area contributed by atoms with Gasteiger partial charge in [0.05, 0.1) is 22.5 Å². The lowest BCUT2D eigenvalue weighted by molar-refractivity contribution is -0.113. The number of rotatable bonds is 5. The van der Waals surface area contributed by atoms with Crippen LogP contribution in [-0.2, 0) is 4.79 Å². The number of aromatic amines is 2. The molecule has 1 aromatic carbocycles. The van der Waals surface area contributed by atoms with Crippen LogP contribution in [0.15, 0.2) is 28.2 Å². The highest BCUT2D eigenvalue weighted by atomic mass is 32.2. The zero-order chi connectivity index (χ0) is 19.0. The molecule has 3 aromatic rings. The second-order valence-corrected chi connectivity index (χ2v) is 7.99. The molecule has 7 nitrogen and oxygen atoms in total. The quantitative estimate of drug-likeness (QED) is 0.586. The molecule has 2 heterocycles. The van der Waals surface area contributed by atoms with E-state index in [9.17, 15) is 9.59 Å². The number of carbonyl (C=O) groups is 1. The predicted molar refractivity (Wildman–Crippen MR) is 107 cm³/mol. The van der Waals surface area contributed by atoms with Crippen LogP contribution in [0.25, 0.3) is 11.0 Å². The van der Waals surface area contributed by atoms with Crippen molar-refractivity contribution in [3.63, 3.8) is 0 Å². The highest BCUT2D eigenvalue weighted by Gasteiger charge is 2.23. The fourth-order valence-electron chi connectivity index (χ4n) is 3.73. The molecule has 1 amide bonds. The molecule has 0 bridgehead atoms. The minimum atomic E-state index is -0.256. The number of aromatic nitrogens is 4. The number of imidazole rings is 2. The number of hydrogen-bond acceptors (Lipinski definition) is 4. The maximum atomic E-state index is 12.4. The highest BCUT2D eigenvalue weighted by Crippen LogP contribution is 2.35. The topological polar surface area (TPSA) is 95.6 Å². The molecular formula is C19H23N5O2S. The van der Waals surface area contributed by atoms with E-state index in [2.05, 4.69) is 31.8 Å². The molecule has 0 spiro atoms. The molecular weight excluding hydrogens is 362 g/mol. The first-order chi connectivity index (χ1) is 13.0. The Bertz CT molecular complexity index is 1040. The van der Waals surface area contributed by atoms with E-state index in [-0.39, 0.29) is 11.6 Å². The van der Waals surface area contributed by atoms with Crippen LogP contribution in [0.5, 0.6) is 0 Å². The van der Waals surface area contributed by atoms with Crippen molar-refractivity contribution in [2.75, 3.05) is 11.1 Å². The molecule has 4 rings (SSSR count). The van der Waals surface area contributed by atoms with E-state index in [0.29, 0.717) is 23.0 Å². The van der Waals surface area contributed by atoms with Crippen molar-refractivity contribution in [2.24, 2.45) is 0 Å². The van der Waals surface area contributed by atoms with Crippen LogP contribution >= 0.6 is 11.8 Å². The summed E-state index contributed by atoms with van der Waals surface area (Å²) in [6.07, 6.45) is 4.89. The van der Waals surface area contributed by atoms with Crippen molar-refractivity contribution < 1.29 is 4.79 Å². The molecule has 0 atom stereocenters. The summed E-state index contributed by atoms with van der Waals surface area (Å²) in [5.74, 6) is 0.207. The van der Waals surface area contributed by atoms with E-state index in [1.165, 1.54) is 43.1 Å². The van der Waals surface area contributed by atoms with Gasteiger partial charge in [0.2, 0.25) is 5.91 Å². The standard InChI is InChI=1S/C19H23N5O2S/c1-11-12(2)24(14-5-3-4-6-14)19(20-11)27-10-17(25)21-13-7-8-15-16(9-13)23-18(26)22-15/h7-9,14H,3-6,10H2,1-2H3,(H,21,25)(H2,22,23,26). The van der Waals surface area contributed by atoms with Gasteiger partial charge in [0, 0.05) is 17.4 Å². The summed E-state index contributed by atoms with van der Waals surface area (Å²) in [7, 11) is 0. The molecule has 0 aliphatic heterocycles. The molecule has 2 aromatic heterocycles. The van der Waals surface area contributed by atoms with Crippen molar-refractivity contribution >= 4 is 34.4 Å². The van der Waals surface area contributed by atoms with Gasteiger partial charge < -0.3 is 19.9 Å². The Balaban J connectivity index is 1.44. The molecule has 0 saturated heterocycles. The smallest absolute Gasteiger partial charge is 0.323 e. The Morgan fingerprint density at radius 2 is 2.00 bits per heavy atom. The molecule has 1 aliphatic carbocycles. The van der Waals surface area contributed by atoms with Crippen LogP contribution in [0.2, 0.25) is 0 Å². The second-order valence-electron chi connectivity index (χ2n) is 7.05. The van der Waals surface area contributed by atoms with Gasteiger partial charge >= 0.3 is 5.69 Å². The molecule has 1 aliphatic rings. The first-order valence-electron chi connectivity index (χ1n) is 9.21. The number of fused-ring (bicyclic) bond motifs is 1. The van der Waals surface area contributed by atoms with E-state index < -0.39 is 0 Å². The zero-order valence-corrected chi connectivity index (χ0v) is 16.3. The van der Waals surface area contributed by atoms with Gasteiger partial charge in [-0.25, -0.2) is 9.78 Å². The number of anilines is 1. The lowest BCUT2D eigenvalue weighted by Gasteiger charge is -2.16. The molecule has 8 heteroatoms. The highest BCUT2D eigenvalue weighted by molar-refractivity contribution is 7.99. The fourth-order valence-corrected chi connectivity index (χ4v) is 4.69. The Labute approximate surface area is 161 Å². The van der Waals surface area contributed by atoms with Crippen LogP contribution in [0.4, 0.5) is 5.69 Å². The van der Waals surface area contributed by atoms with E-state index in [1.54, 1.807) is 18.2 Å². The van der Waals surface area contributed by atoms with Crippen molar-refractivity contribution in [3.05, 3.63) is 40.1 Å². The summed E-state index contributed by atoms with van der Waals surface area (Å²) in [4.78, 5) is 33.8. The number of nitrogens with zero attached hydrogens (tertiary/aromatic N) is 2. The van der Waals surface area contributed by atoms with Gasteiger partial charge in [0.1, 0.15) is 0 Å². The largest absolute Gasteiger partial charge is 0.325 e. The molecule has 3 N–H and O–H groups in total. The van der Waals surface area contributed by atoms with Crippen molar-refractivity contribution in [2.45, 2.75) is 50.7 Å². The van der Waals surface area contributed by atoms with E-state index in [0.717, 1.165) is 16.4 Å². The molecule has 0 radical (unpaired) electrons. The third-order valence-electron chi connectivity index (χ3n) is 5.18. The van der Waals surface area contributed by atoms with Crippen LogP contribution < -0.4 is 11.0 Å². The Morgan fingerprint density at radius 1 is 1.26 bits per heavy atom. The van der Waals surface area contributed by atoms with Gasteiger partial charge in [-0.05, 0) is 44.9 Å². The minimum Gasteiger partial charge on any atom is -0.325 e. The van der Waals surface area contributed by atoms with Gasteiger partial charge in [-0.3, -0.25) is 4.79 Å². The number of benzene rings is 1. The van der Waals surface area contributed by atoms with E-state index in [4.69, 9.17) is 0 Å². The van der Waals surface area contributed by atoms with E-state index in [1.807, 2.05) is 6.92 Å². The van der Waals surface area contributed by atoms with Crippen molar-refractivity contribution in [1.29, 1.82) is 0 Å². The normalized spacial score (nSPS) is 14.9. The monoisotopic (exact) mass is 385 g/mol. The number of thioether (sulfide) groups is 1. The molecule has 1 fully saturated rings. The Morgan fingerprint density at radius 3 is 2.78 bits per heavy atom. The minimum absolute atomic E-state index is 0.0893.